The lowest BCUT2D eigenvalue weighted by Gasteiger charge is -2.43. The number of Topliss-reactive ketones (excluding diaryl/α,β-unsaturated/α-hetero) is 1. The fourth-order valence-electron chi connectivity index (χ4n) is 2.78. The molecular formula is C13H22N2O2. The summed E-state index contributed by atoms with van der Waals surface area (Å²) in [6, 6.07) is 0. The van der Waals surface area contributed by atoms with Crippen LogP contribution >= 0.6 is 0 Å². The van der Waals surface area contributed by atoms with Crippen LogP contribution in [0.5, 0.6) is 0 Å². The van der Waals surface area contributed by atoms with Crippen molar-refractivity contribution in [3.8, 4) is 0 Å². The minimum Gasteiger partial charge on any atom is -0.330 e. The SMILES string of the molecule is CN1CCC(C(=O)N2CC(=O)CCC2(C)C)C1. The second kappa shape index (κ2) is 4.41. The molecule has 2 rings (SSSR count). The minimum atomic E-state index is -0.161. The van der Waals surface area contributed by atoms with Gasteiger partial charge in [-0.3, -0.25) is 9.59 Å². The van der Waals surface area contributed by atoms with Gasteiger partial charge < -0.3 is 9.80 Å². The fourth-order valence-corrected chi connectivity index (χ4v) is 2.78. The smallest absolute Gasteiger partial charge is 0.227 e. The molecule has 4 nitrogen and oxygen atoms in total. The molecule has 0 N–H and O–H groups in total. The summed E-state index contributed by atoms with van der Waals surface area (Å²) in [5, 5.41) is 0. The summed E-state index contributed by atoms with van der Waals surface area (Å²) in [6.45, 7) is 6.26. The number of amides is 1. The van der Waals surface area contributed by atoms with Crippen LogP contribution in [0.3, 0.4) is 0 Å². The maximum Gasteiger partial charge on any atom is 0.227 e. The highest BCUT2D eigenvalue weighted by Crippen LogP contribution is 2.29. The standard InChI is InChI=1S/C13H22N2O2/c1-13(2)6-4-11(16)9-15(13)12(17)10-5-7-14(3)8-10/h10H,4-9H2,1-3H3. The number of likely N-dealkylation sites (tertiary alicyclic amines) is 2. The van der Waals surface area contributed by atoms with E-state index in [1.165, 1.54) is 0 Å². The molecule has 2 heterocycles. The zero-order valence-corrected chi connectivity index (χ0v) is 11.0. The van der Waals surface area contributed by atoms with E-state index in [0.717, 1.165) is 25.9 Å². The van der Waals surface area contributed by atoms with E-state index in [2.05, 4.69) is 18.7 Å². The molecule has 0 aromatic heterocycles. The molecule has 1 atom stereocenters. The van der Waals surface area contributed by atoms with Crippen LogP contribution in [0.15, 0.2) is 0 Å². The summed E-state index contributed by atoms with van der Waals surface area (Å²) in [5.41, 5.74) is -0.161. The Morgan fingerprint density at radius 2 is 2.12 bits per heavy atom. The van der Waals surface area contributed by atoms with Crippen molar-refractivity contribution in [2.24, 2.45) is 5.92 Å². The molecule has 2 aliphatic rings. The maximum absolute atomic E-state index is 12.5. The molecule has 17 heavy (non-hydrogen) atoms. The molecule has 0 bridgehead atoms. The van der Waals surface area contributed by atoms with Crippen molar-refractivity contribution in [1.82, 2.24) is 9.80 Å². The van der Waals surface area contributed by atoms with Crippen LogP contribution in [0, 0.1) is 5.92 Å². The van der Waals surface area contributed by atoms with Crippen molar-refractivity contribution >= 4 is 11.7 Å². The van der Waals surface area contributed by atoms with Crippen molar-refractivity contribution < 1.29 is 9.59 Å². The van der Waals surface area contributed by atoms with Gasteiger partial charge in [-0.1, -0.05) is 0 Å². The zero-order chi connectivity index (χ0) is 12.6. The molecule has 4 heteroatoms. The van der Waals surface area contributed by atoms with Gasteiger partial charge in [0.15, 0.2) is 5.78 Å². The molecule has 0 aliphatic carbocycles. The van der Waals surface area contributed by atoms with Crippen molar-refractivity contribution in [3.05, 3.63) is 0 Å². The number of ketones is 1. The van der Waals surface area contributed by atoms with Crippen LogP contribution in [0.4, 0.5) is 0 Å². The summed E-state index contributed by atoms with van der Waals surface area (Å²) >= 11 is 0. The quantitative estimate of drug-likeness (QED) is 0.681. The Balaban J connectivity index is 2.09. The highest BCUT2D eigenvalue weighted by Gasteiger charge is 2.40. The van der Waals surface area contributed by atoms with Crippen molar-refractivity contribution in [2.75, 3.05) is 26.7 Å². The predicted octanol–water partition coefficient (Wildman–Crippen LogP) is 0.908. The van der Waals surface area contributed by atoms with Crippen LogP contribution in [0.2, 0.25) is 0 Å². The van der Waals surface area contributed by atoms with Gasteiger partial charge in [0.2, 0.25) is 5.91 Å². The lowest BCUT2D eigenvalue weighted by atomic mass is 9.88. The van der Waals surface area contributed by atoms with Crippen LogP contribution in [0.1, 0.15) is 33.1 Å². The van der Waals surface area contributed by atoms with Gasteiger partial charge in [0, 0.05) is 18.5 Å². The minimum absolute atomic E-state index is 0.0881. The van der Waals surface area contributed by atoms with E-state index in [4.69, 9.17) is 0 Å². The van der Waals surface area contributed by atoms with Crippen molar-refractivity contribution in [2.45, 2.75) is 38.6 Å². The van der Waals surface area contributed by atoms with Gasteiger partial charge in [0.05, 0.1) is 12.5 Å². The Hall–Kier alpha value is -0.900. The molecule has 2 aliphatic heterocycles. The highest BCUT2D eigenvalue weighted by molar-refractivity contribution is 5.89. The Morgan fingerprint density at radius 1 is 1.41 bits per heavy atom. The molecule has 0 saturated carbocycles. The first-order valence-corrected chi connectivity index (χ1v) is 6.42. The maximum atomic E-state index is 12.5. The first-order valence-electron chi connectivity index (χ1n) is 6.42. The van der Waals surface area contributed by atoms with Crippen molar-refractivity contribution in [3.63, 3.8) is 0 Å². The third-order valence-electron chi connectivity index (χ3n) is 4.09. The Bertz CT molecular complexity index is 338. The molecule has 1 unspecified atom stereocenters. The normalized spacial score (nSPS) is 29.7. The molecule has 0 spiro atoms. The molecular weight excluding hydrogens is 216 g/mol. The first kappa shape index (κ1) is 12.6. The van der Waals surface area contributed by atoms with E-state index >= 15 is 0 Å². The van der Waals surface area contributed by atoms with E-state index in [1.54, 1.807) is 0 Å². The monoisotopic (exact) mass is 238 g/mol. The number of carbonyl (C=O) groups excluding carboxylic acids is 2. The third kappa shape index (κ3) is 2.51. The average Bonchev–Trinajstić information content (AvgIpc) is 2.68. The van der Waals surface area contributed by atoms with Gasteiger partial charge >= 0.3 is 0 Å². The Kier molecular flexibility index (Phi) is 3.25. The van der Waals surface area contributed by atoms with E-state index in [9.17, 15) is 9.59 Å². The topological polar surface area (TPSA) is 40.6 Å². The summed E-state index contributed by atoms with van der Waals surface area (Å²) in [6.07, 6.45) is 2.33. The number of nitrogens with zero attached hydrogens (tertiary/aromatic N) is 2. The van der Waals surface area contributed by atoms with Crippen LogP contribution in [-0.4, -0.2) is 53.7 Å². The number of hydrogen-bond acceptors (Lipinski definition) is 3. The second-order valence-electron chi connectivity index (χ2n) is 6.02. The lowest BCUT2D eigenvalue weighted by Crippen LogP contribution is -2.55. The molecule has 96 valence electrons. The van der Waals surface area contributed by atoms with Crippen LogP contribution < -0.4 is 0 Å². The highest BCUT2D eigenvalue weighted by atomic mass is 16.2. The number of hydrogen-bond donors (Lipinski definition) is 0. The molecule has 0 aromatic rings. The van der Waals surface area contributed by atoms with Gasteiger partial charge in [0.1, 0.15) is 0 Å². The van der Waals surface area contributed by atoms with Gasteiger partial charge in [-0.15, -0.1) is 0 Å². The lowest BCUT2D eigenvalue weighted by molar-refractivity contribution is -0.147. The number of rotatable bonds is 1. The number of piperidine rings is 1. The van der Waals surface area contributed by atoms with Crippen LogP contribution in [0.25, 0.3) is 0 Å². The predicted molar refractivity (Wildman–Crippen MR) is 65.6 cm³/mol. The van der Waals surface area contributed by atoms with Crippen molar-refractivity contribution in [1.29, 1.82) is 0 Å². The molecule has 0 aromatic carbocycles. The third-order valence-corrected chi connectivity index (χ3v) is 4.09. The zero-order valence-electron chi connectivity index (χ0n) is 11.0. The summed E-state index contributed by atoms with van der Waals surface area (Å²) in [4.78, 5) is 28.0. The van der Waals surface area contributed by atoms with E-state index in [1.807, 2.05) is 11.9 Å². The summed E-state index contributed by atoms with van der Waals surface area (Å²) < 4.78 is 0. The summed E-state index contributed by atoms with van der Waals surface area (Å²) in [7, 11) is 2.04. The van der Waals surface area contributed by atoms with Gasteiger partial charge in [-0.2, -0.15) is 0 Å². The van der Waals surface area contributed by atoms with Gasteiger partial charge in [0.25, 0.3) is 0 Å². The molecule has 0 radical (unpaired) electrons. The summed E-state index contributed by atoms with van der Waals surface area (Å²) in [5.74, 6) is 0.460. The van der Waals surface area contributed by atoms with Gasteiger partial charge in [-0.05, 0) is 40.3 Å². The molecule has 2 saturated heterocycles. The van der Waals surface area contributed by atoms with E-state index < -0.39 is 0 Å². The molecule has 2 fully saturated rings. The second-order valence-corrected chi connectivity index (χ2v) is 6.02. The first-order chi connectivity index (χ1) is 7.90. The van der Waals surface area contributed by atoms with E-state index in [-0.39, 0.29) is 23.1 Å². The Labute approximate surface area is 103 Å². The average molecular weight is 238 g/mol. The van der Waals surface area contributed by atoms with Gasteiger partial charge in [-0.25, -0.2) is 0 Å². The number of carbonyl (C=O) groups is 2. The fraction of sp³-hybridized carbons (Fsp3) is 0.846. The van der Waals surface area contributed by atoms with Crippen LogP contribution in [-0.2, 0) is 9.59 Å². The molecule has 1 amide bonds. The largest absolute Gasteiger partial charge is 0.330 e. The Morgan fingerprint density at radius 3 is 2.71 bits per heavy atom. The van der Waals surface area contributed by atoms with E-state index in [0.29, 0.717) is 13.0 Å².